The number of likely N-dealkylation sites (tertiary alicyclic amines) is 1. The summed E-state index contributed by atoms with van der Waals surface area (Å²) in [6, 6.07) is 4.75. The average molecular weight is 370 g/mol. The molecule has 2 rings (SSSR count). The molecule has 0 aromatic carbocycles. The van der Waals surface area contributed by atoms with Gasteiger partial charge in [0.15, 0.2) is 0 Å². The smallest absolute Gasteiger partial charge is 0.410 e. The third-order valence-corrected chi connectivity index (χ3v) is 3.59. The lowest BCUT2D eigenvalue weighted by Crippen LogP contribution is -2.45. The molecule has 1 saturated heterocycles. The molecule has 120 valence electrons. The van der Waals surface area contributed by atoms with Crippen molar-refractivity contribution in [1.29, 1.82) is 0 Å². The Labute approximate surface area is 138 Å². The van der Waals surface area contributed by atoms with Gasteiger partial charge in [-0.05, 0) is 61.7 Å². The number of carbonyl (C=O) groups is 2. The Bertz CT molecular complexity index is 571. The second-order valence-electron chi connectivity index (χ2n) is 6.17. The first-order chi connectivity index (χ1) is 10.3. The molecule has 0 aliphatic carbocycles. The molecule has 0 spiro atoms. The molecule has 6 nitrogen and oxygen atoms in total. The summed E-state index contributed by atoms with van der Waals surface area (Å²) in [5.74, 6) is 0.212. The molecule has 2 amide bonds. The molecule has 1 fully saturated rings. The Morgan fingerprint density at radius 2 is 2.14 bits per heavy atom. The van der Waals surface area contributed by atoms with Crippen molar-refractivity contribution in [3.63, 3.8) is 0 Å². The predicted octanol–water partition coefficient (Wildman–Crippen LogP) is 3.18. The van der Waals surface area contributed by atoms with Crippen LogP contribution in [-0.4, -0.2) is 40.1 Å². The van der Waals surface area contributed by atoms with Crippen LogP contribution in [0.4, 0.5) is 10.6 Å². The van der Waals surface area contributed by atoms with E-state index in [1.165, 1.54) is 4.90 Å². The zero-order valence-corrected chi connectivity index (χ0v) is 14.5. The standard InChI is InChI=1S/C15H20BrN3O3/c1-15(2,3)22-14(21)19-9-5-6-10(19)13(20)18-12-8-4-7-11(16)17-12/h4,7-8,10H,5-6,9H2,1-3H3,(H,17,18,20). The van der Waals surface area contributed by atoms with Crippen LogP contribution < -0.4 is 5.32 Å². The summed E-state index contributed by atoms with van der Waals surface area (Å²) in [6.07, 6.45) is 0.954. The van der Waals surface area contributed by atoms with Gasteiger partial charge < -0.3 is 10.1 Å². The van der Waals surface area contributed by atoms with E-state index in [9.17, 15) is 9.59 Å². The first kappa shape index (κ1) is 16.7. The Morgan fingerprint density at radius 1 is 1.41 bits per heavy atom. The molecule has 2 heterocycles. The summed E-state index contributed by atoms with van der Waals surface area (Å²) in [7, 11) is 0. The van der Waals surface area contributed by atoms with Crippen molar-refractivity contribution in [1.82, 2.24) is 9.88 Å². The minimum atomic E-state index is -0.577. The van der Waals surface area contributed by atoms with E-state index in [2.05, 4.69) is 26.2 Å². The molecule has 1 atom stereocenters. The molecule has 1 aliphatic heterocycles. The van der Waals surface area contributed by atoms with Gasteiger partial charge in [-0.15, -0.1) is 0 Å². The van der Waals surface area contributed by atoms with Gasteiger partial charge in [-0.25, -0.2) is 9.78 Å². The van der Waals surface area contributed by atoms with E-state index in [1.54, 1.807) is 18.2 Å². The highest BCUT2D eigenvalue weighted by atomic mass is 79.9. The maximum atomic E-state index is 12.4. The fourth-order valence-electron chi connectivity index (χ4n) is 2.27. The molecule has 0 saturated carbocycles. The van der Waals surface area contributed by atoms with Gasteiger partial charge in [0, 0.05) is 6.54 Å². The number of ether oxygens (including phenoxy) is 1. The number of amides is 2. The highest BCUT2D eigenvalue weighted by Crippen LogP contribution is 2.22. The van der Waals surface area contributed by atoms with Crippen molar-refractivity contribution < 1.29 is 14.3 Å². The maximum Gasteiger partial charge on any atom is 0.410 e. The highest BCUT2D eigenvalue weighted by Gasteiger charge is 2.36. The number of carbonyl (C=O) groups excluding carboxylic acids is 2. The van der Waals surface area contributed by atoms with Gasteiger partial charge in [0.25, 0.3) is 0 Å². The number of hydrogen-bond acceptors (Lipinski definition) is 4. The van der Waals surface area contributed by atoms with E-state index < -0.39 is 17.7 Å². The van der Waals surface area contributed by atoms with Gasteiger partial charge in [0.1, 0.15) is 22.1 Å². The number of nitrogens with one attached hydrogen (secondary N) is 1. The van der Waals surface area contributed by atoms with Crippen molar-refractivity contribution in [2.24, 2.45) is 0 Å². The molecule has 1 unspecified atom stereocenters. The lowest BCUT2D eigenvalue weighted by Gasteiger charge is -2.27. The Kier molecular flexibility index (Phi) is 5.05. The van der Waals surface area contributed by atoms with Gasteiger partial charge in [0.05, 0.1) is 0 Å². The first-order valence-electron chi connectivity index (χ1n) is 7.19. The number of nitrogens with zero attached hydrogens (tertiary/aromatic N) is 2. The predicted molar refractivity (Wildman–Crippen MR) is 86.5 cm³/mol. The SMILES string of the molecule is CC(C)(C)OC(=O)N1CCCC1C(=O)Nc1cccc(Br)n1. The largest absolute Gasteiger partial charge is 0.444 e. The number of anilines is 1. The zero-order chi connectivity index (χ0) is 16.3. The van der Waals surface area contributed by atoms with Crippen molar-refractivity contribution in [2.75, 3.05) is 11.9 Å². The van der Waals surface area contributed by atoms with Crippen LogP contribution in [0.25, 0.3) is 0 Å². The fourth-order valence-corrected chi connectivity index (χ4v) is 2.61. The molecule has 1 aliphatic rings. The Hall–Kier alpha value is -1.63. The summed E-state index contributed by atoms with van der Waals surface area (Å²) >= 11 is 3.26. The third-order valence-electron chi connectivity index (χ3n) is 3.15. The molecule has 0 bridgehead atoms. The second kappa shape index (κ2) is 6.64. The summed E-state index contributed by atoms with van der Waals surface area (Å²) < 4.78 is 5.99. The number of rotatable bonds is 2. The van der Waals surface area contributed by atoms with Gasteiger partial charge in [-0.2, -0.15) is 0 Å². The number of aromatic nitrogens is 1. The molecule has 1 N–H and O–H groups in total. The van der Waals surface area contributed by atoms with Crippen LogP contribution in [0.2, 0.25) is 0 Å². The monoisotopic (exact) mass is 369 g/mol. The quantitative estimate of drug-likeness (QED) is 0.812. The van der Waals surface area contributed by atoms with E-state index in [4.69, 9.17) is 4.74 Å². The van der Waals surface area contributed by atoms with Gasteiger partial charge in [0.2, 0.25) is 5.91 Å². The van der Waals surface area contributed by atoms with Crippen LogP contribution in [-0.2, 0) is 9.53 Å². The van der Waals surface area contributed by atoms with Crippen LogP contribution in [0.1, 0.15) is 33.6 Å². The van der Waals surface area contributed by atoms with Crippen molar-refractivity contribution in [3.05, 3.63) is 22.8 Å². The van der Waals surface area contributed by atoms with Crippen molar-refractivity contribution in [3.8, 4) is 0 Å². The molecular formula is C15H20BrN3O3. The number of halogens is 1. The van der Waals surface area contributed by atoms with E-state index in [0.29, 0.717) is 23.4 Å². The van der Waals surface area contributed by atoms with E-state index in [0.717, 1.165) is 6.42 Å². The van der Waals surface area contributed by atoms with Gasteiger partial charge in [-0.3, -0.25) is 9.69 Å². The first-order valence-corrected chi connectivity index (χ1v) is 7.98. The summed E-state index contributed by atoms with van der Waals surface area (Å²) in [6.45, 7) is 5.95. The molecule has 7 heteroatoms. The lowest BCUT2D eigenvalue weighted by molar-refractivity contribution is -0.120. The van der Waals surface area contributed by atoms with Crippen molar-refractivity contribution >= 4 is 33.7 Å². The zero-order valence-electron chi connectivity index (χ0n) is 12.9. The molecular weight excluding hydrogens is 350 g/mol. The lowest BCUT2D eigenvalue weighted by atomic mass is 10.2. The molecule has 1 aromatic heterocycles. The molecule has 0 radical (unpaired) electrons. The normalized spacial score (nSPS) is 18.2. The van der Waals surface area contributed by atoms with Crippen LogP contribution in [0.15, 0.2) is 22.8 Å². The summed E-state index contributed by atoms with van der Waals surface area (Å²) in [5.41, 5.74) is -0.577. The van der Waals surface area contributed by atoms with E-state index >= 15 is 0 Å². The average Bonchev–Trinajstić information content (AvgIpc) is 2.85. The third kappa shape index (κ3) is 4.43. The van der Waals surface area contributed by atoms with E-state index in [1.807, 2.05) is 20.8 Å². The van der Waals surface area contributed by atoms with Gasteiger partial charge >= 0.3 is 6.09 Å². The maximum absolute atomic E-state index is 12.4. The van der Waals surface area contributed by atoms with Crippen LogP contribution >= 0.6 is 15.9 Å². The fraction of sp³-hybridized carbons (Fsp3) is 0.533. The Balaban J connectivity index is 2.03. The minimum absolute atomic E-state index is 0.242. The summed E-state index contributed by atoms with van der Waals surface area (Å²) in [5, 5.41) is 2.74. The topological polar surface area (TPSA) is 71.5 Å². The molecule has 22 heavy (non-hydrogen) atoms. The van der Waals surface area contributed by atoms with Crippen LogP contribution in [0, 0.1) is 0 Å². The number of hydrogen-bond donors (Lipinski definition) is 1. The van der Waals surface area contributed by atoms with Crippen molar-refractivity contribution in [2.45, 2.75) is 45.3 Å². The highest BCUT2D eigenvalue weighted by molar-refractivity contribution is 9.10. The summed E-state index contributed by atoms with van der Waals surface area (Å²) in [4.78, 5) is 30.2. The number of pyridine rings is 1. The Morgan fingerprint density at radius 3 is 2.77 bits per heavy atom. The van der Waals surface area contributed by atoms with E-state index in [-0.39, 0.29) is 5.91 Å². The second-order valence-corrected chi connectivity index (χ2v) is 6.98. The molecule has 1 aromatic rings. The van der Waals surface area contributed by atoms with Crippen LogP contribution in [0.3, 0.4) is 0 Å². The van der Waals surface area contributed by atoms with Crippen LogP contribution in [0.5, 0.6) is 0 Å². The van der Waals surface area contributed by atoms with Gasteiger partial charge in [-0.1, -0.05) is 6.07 Å². The minimum Gasteiger partial charge on any atom is -0.444 e.